The van der Waals surface area contributed by atoms with Crippen molar-refractivity contribution >= 4 is 17.5 Å². The van der Waals surface area contributed by atoms with Crippen molar-refractivity contribution in [2.45, 2.75) is 51.1 Å². The molecule has 2 fully saturated rings. The van der Waals surface area contributed by atoms with E-state index in [2.05, 4.69) is 15.5 Å². The molecule has 2 amide bonds. The largest absolute Gasteiger partial charge is 0.328 e. The Labute approximate surface area is 158 Å². The summed E-state index contributed by atoms with van der Waals surface area (Å²) in [6, 6.07) is 8.03. The smallest absolute Gasteiger partial charge is 0.252 e. The summed E-state index contributed by atoms with van der Waals surface area (Å²) in [7, 11) is 0. The predicted octanol–water partition coefficient (Wildman–Crippen LogP) is 1.56. The topological polar surface area (TPSA) is 84.2 Å². The number of carbonyl (C=O) groups excluding carboxylic acids is 2. The number of anilines is 1. The fourth-order valence-corrected chi connectivity index (χ4v) is 4.31. The normalized spacial score (nSPS) is 22.6. The Hall–Kier alpha value is -2.77. The van der Waals surface area contributed by atoms with E-state index in [0.29, 0.717) is 26.1 Å². The molecular formula is C19H24N6O2. The van der Waals surface area contributed by atoms with Crippen LogP contribution in [-0.2, 0) is 16.1 Å². The Balaban J connectivity index is 1.53. The maximum atomic E-state index is 13.5. The number of tetrazole rings is 1. The second-order valence-electron chi connectivity index (χ2n) is 7.40. The minimum atomic E-state index is -0.694. The van der Waals surface area contributed by atoms with Crippen molar-refractivity contribution in [1.29, 1.82) is 0 Å². The number of benzene rings is 1. The van der Waals surface area contributed by atoms with Gasteiger partial charge in [-0.15, -0.1) is 5.10 Å². The summed E-state index contributed by atoms with van der Waals surface area (Å²) in [5.41, 5.74) is 1.39. The van der Waals surface area contributed by atoms with Gasteiger partial charge in [0.25, 0.3) is 5.91 Å². The van der Waals surface area contributed by atoms with Gasteiger partial charge in [-0.05, 0) is 55.2 Å². The number of nitrogens with zero attached hydrogens (tertiary/aromatic N) is 6. The van der Waals surface area contributed by atoms with Gasteiger partial charge in [-0.2, -0.15) is 0 Å². The monoisotopic (exact) mass is 368 g/mol. The molecule has 2 aromatic rings. The number of hydrogen-bond acceptors (Lipinski definition) is 5. The molecule has 142 valence electrons. The van der Waals surface area contributed by atoms with E-state index < -0.39 is 5.54 Å². The van der Waals surface area contributed by atoms with Crippen LogP contribution in [0.3, 0.4) is 0 Å². The molecule has 2 aliphatic rings. The average Bonchev–Trinajstić information content (AvgIpc) is 3.34. The van der Waals surface area contributed by atoms with Crippen LogP contribution < -0.4 is 4.90 Å². The van der Waals surface area contributed by atoms with Crippen LogP contribution >= 0.6 is 0 Å². The first kappa shape index (κ1) is 17.6. The van der Waals surface area contributed by atoms with Gasteiger partial charge in [0.05, 0.1) is 6.54 Å². The highest BCUT2D eigenvalue weighted by Gasteiger charge is 2.52. The zero-order valence-corrected chi connectivity index (χ0v) is 15.5. The van der Waals surface area contributed by atoms with Crippen molar-refractivity contribution in [2.75, 3.05) is 18.0 Å². The molecule has 1 unspecified atom stereocenters. The van der Waals surface area contributed by atoms with Gasteiger partial charge >= 0.3 is 0 Å². The van der Waals surface area contributed by atoms with Crippen LogP contribution in [0.25, 0.3) is 0 Å². The molecule has 1 aromatic heterocycles. The van der Waals surface area contributed by atoms with Crippen LogP contribution in [0.5, 0.6) is 0 Å². The zero-order chi connectivity index (χ0) is 18.9. The Bertz CT molecular complexity index is 819. The number of aromatic nitrogens is 4. The fraction of sp³-hybridized carbons (Fsp3) is 0.526. The van der Waals surface area contributed by atoms with Gasteiger partial charge in [0.2, 0.25) is 5.91 Å². The van der Waals surface area contributed by atoms with E-state index in [0.717, 1.165) is 36.9 Å². The van der Waals surface area contributed by atoms with Crippen molar-refractivity contribution in [2.24, 2.45) is 0 Å². The Morgan fingerprint density at radius 1 is 1.15 bits per heavy atom. The van der Waals surface area contributed by atoms with Crippen molar-refractivity contribution in [3.05, 3.63) is 36.2 Å². The number of likely N-dealkylation sites (tertiary alicyclic amines) is 1. The zero-order valence-electron chi connectivity index (χ0n) is 15.5. The molecular weight excluding hydrogens is 344 g/mol. The van der Waals surface area contributed by atoms with Crippen molar-refractivity contribution in [1.82, 2.24) is 25.1 Å². The Morgan fingerprint density at radius 3 is 2.59 bits per heavy atom. The maximum absolute atomic E-state index is 13.5. The van der Waals surface area contributed by atoms with Crippen LogP contribution in [0.4, 0.5) is 5.69 Å². The highest BCUT2D eigenvalue weighted by Crippen LogP contribution is 2.40. The van der Waals surface area contributed by atoms with Gasteiger partial charge in [0.1, 0.15) is 11.9 Å². The first-order chi connectivity index (χ1) is 13.1. The number of hydrogen-bond donors (Lipinski definition) is 0. The van der Waals surface area contributed by atoms with Gasteiger partial charge < -0.3 is 9.80 Å². The third-order valence-corrected chi connectivity index (χ3v) is 5.70. The molecule has 1 aromatic carbocycles. The second-order valence-corrected chi connectivity index (χ2v) is 7.40. The Morgan fingerprint density at radius 2 is 1.89 bits per heavy atom. The highest BCUT2D eigenvalue weighted by molar-refractivity contribution is 6.03. The van der Waals surface area contributed by atoms with Gasteiger partial charge in [-0.25, -0.2) is 4.68 Å². The third-order valence-electron chi connectivity index (χ3n) is 5.70. The predicted molar refractivity (Wildman–Crippen MR) is 98.9 cm³/mol. The van der Waals surface area contributed by atoms with E-state index in [4.69, 9.17) is 0 Å². The van der Waals surface area contributed by atoms with E-state index in [1.165, 1.54) is 6.33 Å². The molecule has 3 heterocycles. The summed E-state index contributed by atoms with van der Waals surface area (Å²) in [6.45, 7) is 3.80. The highest BCUT2D eigenvalue weighted by atomic mass is 16.2. The van der Waals surface area contributed by atoms with Crippen LogP contribution in [0, 0.1) is 6.92 Å². The molecule has 1 atom stereocenters. The number of aryl methyl sites for hydroxylation is 2. The molecule has 2 saturated heterocycles. The van der Waals surface area contributed by atoms with Crippen molar-refractivity contribution < 1.29 is 9.59 Å². The SMILES string of the molecule is Cc1ccc(N2CCCC3(CCCN3C(=O)CCn3cnnn3)C2=O)cc1. The molecule has 1 spiro atoms. The average molecular weight is 368 g/mol. The van der Waals surface area contributed by atoms with E-state index in [1.807, 2.05) is 41.0 Å². The van der Waals surface area contributed by atoms with E-state index in [1.54, 1.807) is 4.68 Å². The molecule has 2 aliphatic heterocycles. The number of carbonyl (C=O) groups is 2. The van der Waals surface area contributed by atoms with Gasteiger partial charge in [0.15, 0.2) is 0 Å². The van der Waals surface area contributed by atoms with Crippen LogP contribution in [0.1, 0.15) is 37.7 Å². The summed E-state index contributed by atoms with van der Waals surface area (Å²) < 4.78 is 1.54. The summed E-state index contributed by atoms with van der Waals surface area (Å²) in [5.74, 6) is 0.0629. The van der Waals surface area contributed by atoms with Crippen molar-refractivity contribution in [3.8, 4) is 0 Å². The lowest BCUT2D eigenvalue weighted by Gasteiger charge is -2.44. The molecule has 0 radical (unpaired) electrons. The summed E-state index contributed by atoms with van der Waals surface area (Å²) in [5, 5.41) is 11.0. The molecule has 0 saturated carbocycles. The number of rotatable bonds is 4. The summed E-state index contributed by atoms with van der Waals surface area (Å²) in [4.78, 5) is 30.1. The minimum Gasteiger partial charge on any atom is -0.328 e. The lowest BCUT2D eigenvalue weighted by atomic mass is 9.85. The molecule has 4 rings (SSSR count). The van der Waals surface area contributed by atoms with E-state index in [-0.39, 0.29) is 11.8 Å². The first-order valence-electron chi connectivity index (χ1n) is 9.50. The molecule has 8 heteroatoms. The van der Waals surface area contributed by atoms with Gasteiger partial charge in [-0.1, -0.05) is 17.7 Å². The molecule has 8 nitrogen and oxygen atoms in total. The fourth-order valence-electron chi connectivity index (χ4n) is 4.31. The van der Waals surface area contributed by atoms with Crippen LogP contribution in [0.2, 0.25) is 0 Å². The molecule has 27 heavy (non-hydrogen) atoms. The lowest BCUT2D eigenvalue weighted by molar-refractivity contribution is -0.145. The number of amides is 2. The summed E-state index contributed by atoms with van der Waals surface area (Å²) in [6.07, 6.45) is 5.04. The minimum absolute atomic E-state index is 0.00195. The Kier molecular flexibility index (Phi) is 4.63. The van der Waals surface area contributed by atoms with Gasteiger partial charge in [0, 0.05) is 25.2 Å². The third kappa shape index (κ3) is 3.20. The maximum Gasteiger partial charge on any atom is 0.252 e. The second kappa shape index (κ2) is 7.09. The molecule has 0 N–H and O–H groups in total. The lowest BCUT2D eigenvalue weighted by Crippen LogP contribution is -2.61. The van der Waals surface area contributed by atoms with E-state index >= 15 is 0 Å². The van der Waals surface area contributed by atoms with E-state index in [9.17, 15) is 9.59 Å². The summed E-state index contributed by atoms with van der Waals surface area (Å²) >= 11 is 0. The van der Waals surface area contributed by atoms with Crippen LogP contribution in [0.15, 0.2) is 30.6 Å². The van der Waals surface area contributed by atoms with Crippen LogP contribution in [-0.4, -0.2) is 55.5 Å². The standard InChI is InChI=1S/C19H24N6O2/c1-15-4-6-16(7-5-15)24-11-2-9-19(18(24)27)10-3-12-25(19)17(26)8-13-23-14-20-21-22-23/h4-7,14H,2-3,8-13H2,1H3. The number of piperidine rings is 1. The first-order valence-corrected chi connectivity index (χ1v) is 9.50. The quantitative estimate of drug-likeness (QED) is 0.818. The van der Waals surface area contributed by atoms with Crippen molar-refractivity contribution in [3.63, 3.8) is 0 Å². The molecule has 0 aliphatic carbocycles. The molecule has 0 bridgehead atoms. The van der Waals surface area contributed by atoms with Gasteiger partial charge in [-0.3, -0.25) is 9.59 Å².